The molecular weight excluding hydrogens is 288 g/mol. The zero-order chi connectivity index (χ0) is 17.1. The van der Waals surface area contributed by atoms with Crippen molar-refractivity contribution in [2.45, 2.75) is 46.5 Å². The Balaban J connectivity index is 2.56. The highest BCUT2D eigenvalue weighted by Crippen LogP contribution is 2.19. The predicted molar refractivity (Wildman–Crippen MR) is 97.0 cm³/mol. The van der Waals surface area contributed by atoms with Gasteiger partial charge in [0.2, 0.25) is 5.91 Å². The highest BCUT2D eigenvalue weighted by molar-refractivity contribution is 5.93. The van der Waals surface area contributed by atoms with Gasteiger partial charge in [-0.05, 0) is 44.4 Å². The number of methoxy groups -OCH3 is 1. The minimum Gasteiger partial charge on any atom is -0.385 e. The number of ether oxygens (including phenoxy) is 1. The van der Waals surface area contributed by atoms with Crippen LogP contribution in [-0.2, 0) is 9.53 Å². The summed E-state index contributed by atoms with van der Waals surface area (Å²) in [4.78, 5) is 14.6. The first kappa shape index (κ1) is 19.7. The van der Waals surface area contributed by atoms with Crippen molar-refractivity contribution in [1.29, 1.82) is 0 Å². The second-order valence-electron chi connectivity index (χ2n) is 6.14. The smallest absolute Gasteiger partial charge is 0.238 e. The van der Waals surface area contributed by atoms with Crippen molar-refractivity contribution in [2.24, 2.45) is 0 Å². The summed E-state index contributed by atoms with van der Waals surface area (Å²) in [6.45, 7) is 9.31. The van der Waals surface area contributed by atoms with Crippen LogP contribution in [0.15, 0.2) is 18.2 Å². The van der Waals surface area contributed by atoms with E-state index < -0.39 is 0 Å². The fraction of sp³-hybridized carbons (Fsp3) is 0.632. The maximum Gasteiger partial charge on any atom is 0.238 e. The second kappa shape index (κ2) is 11.2. The van der Waals surface area contributed by atoms with Gasteiger partial charge in [0.1, 0.15) is 0 Å². The van der Waals surface area contributed by atoms with Crippen LogP contribution in [-0.4, -0.2) is 44.2 Å². The highest BCUT2D eigenvalue weighted by Gasteiger charge is 2.12. The Labute approximate surface area is 141 Å². The number of carbonyl (C=O) groups is 1. The molecule has 0 unspecified atom stereocenters. The molecule has 0 aliphatic heterocycles. The highest BCUT2D eigenvalue weighted by atomic mass is 16.5. The van der Waals surface area contributed by atoms with Crippen molar-refractivity contribution >= 4 is 11.6 Å². The number of amides is 1. The number of anilines is 1. The number of rotatable bonds is 11. The SMILES string of the molecule is CCCCCN(CCCOC)CC(=O)Nc1c(C)cccc1C. The lowest BCUT2D eigenvalue weighted by molar-refractivity contribution is -0.117. The topological polar surface area (TPSA) is 41.6 Å². The lowest BCUT2D eigenvalue weighted by Gasteiger charge is -2.22. The van der Waals surface area contributed by atoms with Gasteiger partial charge in [0.25, 0.3) is 0 Å². The van der Waals surface area contributed by atoms with Crippen molar-refractivity contribution in [2.75, 3.05) is 38.7 Å². The van der Waals surface area contributed by atoms with Gasteiger partial charge in [0.15, 0.2) is 0 Å². The van der Waals surface area contributed by atoms with E-state index in [1.165, 1.54) is 12.8 Å². The Bertz CT molecular complexity index is 444. The van der Waals surface area contributed by atoms with E-state index in [4.69, 9.17) is 4.74 Å². The molecule has 23 heavy (non-hydrogen) atoms. The summed E-state index contributed by atoms with van der Waals surface area (Å²) in [5.41, 5.74) is 3.16. The number of para-hydroxylation sites is 1. The van der Waals surface area contributed by atoms with Crippen molar-refractivity contribution < 1.29 is 9.53 Å². The first-order valence-corrected chi connectivity index (χ1v) is 8.65. The van der Waals surface area contributed by atoms with Gasteiger partial charge < -0.3 is 10.1 Å². The molecule has 4 heteroatoms. The first-order valence-electron chi connectivity index (χ1n) is 8.65. The third-order valence-corrected chi connectivity index (χ3v) is 4.01. The Kier molecular flexibility index (Phi) is 9.57. The molecule has 1 aromatic rings. The molecule has 0 saturated heterocycles. The summed E-state index contributed by atoms with van der Waals surface area (Å²) in [5, 5.41) is 3.08. The van der Waals surface area contributed by atoms with Crippen LogP contribution in [0.1, 0.15) is 43.7 Å². The summed E-state index contributed by atoms with van der Waals surface area (Å²) >= 11 is 0. The minimum atomic E-state index is 0.0660. The number of aryl methyl sites for hydroxylation is 2. The average molecular weight is 320 g/mol. The van der Waals surface area contributed by atoms with Gasteiger partial charge >= 0.3 is 0 Å². The number of unbranched alkanes of at least 4 members (excludes halogenated alkanes) is 2. The molecule has 1 amide bonds. The monoisotopic (exact) mass is 320 g/mol. The zero-order valence-corrected chi connectivity index (χ0v) is 15.2. The maximum atomic E-state index is 12.4. The molecule has 4 nitrogen and oxygen atoms in total. The molecule has 0 aliphatic rings. The van der Waals surface area contributed by atoms with Crippen LogP contribution in [0, 0.1) is 13.8 Å². The lowest BCUT2D eigenvalue weighted by atomic mass is 10.1. The molecule has 1 N–H and O–H groups in total. The Morgan fingerprint density at radius 3 is 2.39 bits per heavy atom. The molecule has 0 bridgehead atoms. The molecule has 1 rings (SSSR count). The Morgan fingerprint density at radius 2 is 1.78 bits per heavy atom. The molecule has 0 saturated carbocycles. The standard InChI is InChI=1S/C19H32N2O2/c1-5-6-7-12-21(13-9-14-23-4)15-18(22)20-19-16(2)10-8-11-17(19)3/h8,10-11H,5-7,9,12-15H2,1-4H3,(H,20,22). The summed E-state index contributed by atoms with van der Waals surface area (Å²) < 4.78 is 5.12. The van der Waals surface area contributed by atoms with Crippen LogP contribution >= 0.6 is 0 Å². The number of nitrogens with one attached hydrogen (secondary N) is 1. The number of benzene rings is 1. The minimum absolute atomic E-state index is 0.0660. The van der Waals surface area contributed by atoms with E-state index in [1.54, 1.807) is 7.11 Å². The van der Waals surface area contributed by atoms with Gasteiger partial charge in [0.05, 0.1) is 6.54 Å². The van der Waals surface area contributed by atoms with E-state index in [1.807, 2.05) is 32.0 Å². The number of carbonyl (C=O) groups excluding carboxylic acids is 1. The summed E-state index contributed by atoms with van der Waals surface area (Å²) in [6.07, 6.45) is 4.50. The second-order valence-corrected chi connectivity index (χ2v) is 6.14. The molecule has 130 valence electrons. The molecular formula is C19H32N2O2. The maximum absolute atomic E-state index is 12.4. The van der Waals surface area contributed by atoms with E-state index in [9.17, 15) is 4.79 Å². The molecule has 0 aromatic heterocycles. The molecule has 0 spiro atoms. The van der Waals surface area contributed by atoms with Crippen molar-refractivity contribution in [3.63, 3.8) is 0 Å². The molecule has 0 radical (unpaired) electrons. The van der Waals surface area contributed by atoms with E-state index in [-0.39, 0.29) is 5.91 Å². The van der Waals surface area contributed by atoms with Gasteiger partial charge in [0, 0.05) is 25.9 Å². The van der Waals surface area contributed by atoms with Gasteiger partial charge in [-0.2, -0.15) is 0 Å². The van der Waals surface area contributed by atoms with Crippen LogP contribution in [0.4, 0.5) is 5.69 Å². The van der Waals surface area contributed by atoms with E-state index in [2.05, 4.69) is 17.1 Å². The Hall–Kier alpha value is -1.39. The first-order chi connectivity index (χ1) is 11.1. The van der Waals surface area contributed by atoms with Crippen molar-refractivity contribution in [3.05, 3.63) is 29.3 Å². The zero-order valence-electron chi connectivity index (χ0n) is 15.2. The van der Waals surface area contributed by atoms with Crippen molar-refractivity contribution in [3.8, 4) is 0 Å². The molecule has 0 fully saturated rings. The Morgan fingerprint density at radius 1 is 1.13 bits per heavy atom. The van der Waals surface area contributed by atoms with Crippen LogP contribution in [0.2, 0.25) is 0 Å². The number of nitrogens with zero attached hydrogens (tertiary/aromatic N) is 1. The lowest BCUT2D eigenvalue weighted by Crippen LogP contribution is -2.35. The number of hydrogen-bond donors (Lipinski definition) is 1. The van der Waals surface area contributed by atoms with Crippen molar-refractivity contribution in [1.82, 2.24) is 4.90 Å². The van der Waals surface area contributed by atoms with Crippen LogP contribution in [0.5, 0.6) is 0 Å². The fourth-order valence-electron chi connectivity index (χ4n) is 2.68. The van der Waals surface area contributed by atoms with E-state index in [0.717, 1.165) is 49.4 Å². The van der Waals surface area contributed by atoms with Crippen LogP contribution in [0.25, 0.3) is 0 Å². The molecule has 0 atom stereocenters. The predicted octanol–water partition coefficient (Wildman–Crippen LogP) is 3.77. The summed E-state index contributed by atoms with van der Waals surface area (Å²) in [6, 6.07) is 6.07. The average Bonchev–Trinajstić information content (AvgIpc) is 2.51. The molecule has 1 aromatic carbocycles. The summed E-state index contributed by atoms with van der Waals surface area (Å²) in [7, 11) is 1.72. The molecule has 0 heterocycles. The molecule has 0 aliphatic carbocycles. The van der Waals surface area contributed by atoms with Gasteiger partial charge in [-0.15, -0.1) is 0 Å². The van der Waals surface area contributed by atoms with Crippen LogP contribution < -0.4 is 5.32 Å². The van der Waals surface area contributed by atoms with Crippen LogP contribution in [0.3, 0.4) is 0 Å². The number of hydrogen-bond acceptors (Lipinski definition) is 3. The quantitative estimate of drug-likeness (QED) is 0.631. The largest absolute Gasteiger partial charge is 0.385 e. The van der Waals surface area contributed by atoms with Gasteiger partial charge in [-0.1, -0.05) is 38.0 Å². The third-order valence-electron chi connectivity index (χ3n) is 4.01. The third kappa shape index (κ3) is 7.62. The van der Waals surface area contributed by atoms with Gasteiger partial charge in [-0.3, -0.25) is 9.69 Å². The van der Waals surface area contributed by atoms with E-state index >= 15 is 0 Å². The van der Waals surface area contributed by atoms with E-state index in [0.29, 0.717) is 6.54 Å². The fourth-order valence-corrected chi connectivity index (χ4v) is 2.68. The van der Waals surface area contributed by atoms with Gasteiger partial charge in [-0.25, -0.2) is 0 Å². The summed E-state index contributed by atoms with van der Waals surface area (Å²) in [5.74, 6) is 0.0660. The normalized spacial score (nSPS) is 11.0.